The van der Waals surface area contributed by atoms with Crippen molar-refractivity contribution in [1.82, 2.24) is 0 Å². The highest BCUT2D eigenvalue weighted by molar-refractivity contribution is 7.93. The van der Waals surface area contributed by atoms with Crippen LogP contribution in [-0.4, -0.2) is 43.4 Å². The molecule has 0 bridgehead atoms. The van der Waals surface area contributed by atoms with Crippen LogP contribution in [0.5, 0.6) is 11.5 Å². The average molecular weight is 441 g/mol. The van der Waals surface area contributed by atoms with E-state index in [1.165, 1.54) is 36.7 Å². The van der Waals surface area contributed by atoms with Crippen LogP contribution in [0.3, 0.4) is 0 Å². The third kappa shape index (κ3) is 4.27. The van der Waals surface area contributed by atoms with Gasteiger partial charge in [-0.15, -0.1) is 0 Å². The van der Waals surface area contributed by atoms with Gasteiger partial charge in [-0.1, -0.05) is 6.07 Å². The Morgan fingerprint density at radius 2 is 1.72 bits per heavy atom. The Bertz CT molecular complexity index is 1110. The smallest absolute Gasteiger partial charge is 0.262 e. The van der Waals surface area contributed by atoms with Crippen molar-refractivity contribution in [3.05, 3.63) is 42.0 Å². The van der Waals surface area contributed by atoms with Gasteiger partial charge >= 0.3 is 0 Å². The summed E-state index contributed by atoms with van der Waals surface area (Å²) in [5, 5.41) is 0. The SMILES string of the molecule is CCS(=O)(=O)N1CCCc2ccc(NS(=O)(=O)c3ccc(OC)c(OC)c3)cc21. The Morgan fingerprint density at radius 3 is 2.38 bits per heavy atom. The predicted octanol–water partition coefficient (Wildman–Crippen LogP) is 2.61. The predicted molar refractivity (Wildman–Crippen MR) is 112 cm³/mol. The Labute approximate surface area is 171 Å². The fourth-order valence-electron chi connectivity index (χ4n) is 3.25. The number of anilines is 2. The zero-order valence-corrected chi connectivity index (χ0v) is 18.1. The average Bonchev–Trinajstić information content (AvgIpc) is 2.72. The lowest BCUT2D eigenvalue weighted by Gasteiger charge is -2.30. The molecule has 1 aliphatic heterocycles. The van der Waals surface area contributed by atoms with Gasteiger partial charge in [0.25, 0.3) is 10.0 Å². The fraction of sp³-hybridized carbons (Fsp3) is 0.368. The van der Waals surface area contributed by atoms with Crippen molar-refractivity contribution < 1.29 is 26.3 Å². The number of nitrogens with one attached hydrogen (secondary N) is 1. The van der Waals surface area contributed by atoms with Gasteiger partial charge in [0.2, 0.25) is 10.0 Å². The molecule has 29 heavy (non-hydrogen) atoms. The minimum atomic E-state index is -3.91. The van der Waals surface area contributed by atoms with E-state index in [-0.39, 0.29) is 16.3 Å². The first-order chi connectivity index (χ1) is 13.7. The molecule has 0 unspecified atom stereocenters. The van der Waals surface area contributed by atoms with Crippen LogP contribution in [0.2, 0.25) is 0 Å². The zero-order chi connectivity index (χ0) is 21.2. The first-order valence-electron chi connectivity index (χ1n) is 9.10. The van der Waals surface area contributed by atoms with Crippen molar-refractivity contribution in [2.45, 2.75) is 24.7 Å². The first-order valence-corrected chi connectivity index (χ1v) is 12.2. The van der Waals surface area contributed by atoms with Crippen LogP contribution >= 0.6 is 0 Å². The van der Waals surface area contributed by atoms with Crippen molar-refractivity contribution in [1.29, 1.82) is 0 Å². The highest BCUT2D eigenvalue weighted by Gasteiger charge is 2.27. The Kier molecular flexibility index (Phi) is 5.95. The van der Waals surface area contributed by atoms with Gasteiger partial charge in [-0.05, 0) is 49.6 Å². The molecule has 1 aliphatic rings. The highest BCUT2D eigenvalue weighted by atomic mass is 32.2. The summed E-state index contributed by atoms with van der Waals surface area (Å²) < 4.78 is 64.7. The van der Waals surface area contributed by atoms with Gasteiger partial charge in [-0.2, -0.15) is 0 Å². The molecule has 158 valence electrons. The lowest BCUT2D eigenvalue weighted by atomic mass is 10.0. The van der Waals surface area contributed by atoms with E-state index in [0.717, 1.165) is 18.4 Å². The van der Waals surface area contributed by atoms with Crippen molar-refractivity contribution in [3.63, 3.8) is 0 Å². The monoisotopic (exact) mass is 440 g/mol. The van der Waals surface area contributed by atoms with Crippen molar-refractivity contribution in [2.24, 2.45) is 0 Å². The van der Waals surface area contributed by atoms with Crippen LogP contribution < -0.4 is 18.5 Å². The van der Waals surface area contributed by atoms with E-state index in [0.29, 0.717) is 23.7 Å². The molecule has 0 radical (unpaired) electrons. The molecule has 0 fully saturated rings. The number of ether oxygens (including phenoxy) is 2. The van der Waals surface area contributed by atoms with Crippen molar-refractivity contribution in [3.8, 4) is 11.5 Å². The summed E-state index contributed by atoms with van der Waals surface area (Å²) in [5.41, 5.74) is 1.68. The molecule has 1 N–H and O–H groups in total. The van der Waals surface area contributed by atoms with Crippen LogP contribution in [0, 0.1) is 0 Å². The van der Waals surface area contributed by atoms with E-state index in [2.05, 4.69) is 4.72 Å². The maximum Gasteiger partial charge on any atom is 0.262 e. The second-order valence-electron chi connectivity index (χ2n) is 6.54. The molecular formula is C19H24N2O6S2. The molecule has 3 rings (SSSR count). The van der Waals surface area contributed by atoms with E-state index in [1.54, 1.807) is 25.1 Å². The molecule has 8 nitrogen and oxygen atoms in total. The third-order valence-corrected chi connectivity index (χ3v) is 7.94. The van der Waals surface area contributed by atoms with Gasteiger partial charge in [0, 0.05) is 12.6 Å². The van der Waals surface area contributed by atoms with Gasteiger partial charge in [0.15, 0.2) is 11.5 Å². The number of hydrogen-bond donors (Lipinski definition) is 1. The molecule has 0 amide bonds. The molecule has 2 aromatic rings. The number of methoxy groups -OCH3 is 2. The summed E-state index contributed by atoms with van der Waals surface area (Å²) in [4.78, 5) is 0.00547. The largest absolute Gasteiger partial charge is 0.493 e. The van der Waals surface area contributed by atoms with Crippen LogP contribution in [0.25, 0.3) is 0 Å². The third-order valence-electron chi connectivity index (χ3n) is 4.78. The van der Waals surface area contributed by atoms with Gasteiger partial charge in [0.1, 0.15) is 0 Å². The summed E-state index contributed by atoms with van der Waals surface area (Å²) >= 11 is 0. The van der Waals surface area contributed by atoms with Gasteiger partial charge in [0.05, 0.1) is 36.2 Å². The quantitative estimate of drug-likeness (QED) is 0.710. The van der Waals surface area contributed by atoms with E-state index < -0.39 is 20.0 Å². The number of sulfonamides is 2. The van der Waals surface area contributed by atoms with E-state index in [9.17, 15) is 16.8 Å². The molecule has 0 saturated heterocycles. The van der Waals surface area contributed by atoms with Crippen LogP contribution in [0.1, 0.15) is 18.9 Å². The number of fused-ring (bicyclic) bond motifs is 1. The summed E-state index contributed by atoms with van der Waals surface area (Å²) in [7, 11) is -4.46. The molecular weight excluding hydrogens is 416 g/mol. The summed E-state index contributed by atoms with van der Waals surface area (Å²) in [6.45, 7) is 1.97. The Morgan fingerprint density at radius 1 is 1.00 bits per heavy atom. The molecule has 0 atom stereocenters. The molecule has 0 aliphatic carbocycles. The first kappa shape index (κ1) is 21.3. The normalized spacial score (nSPS) is 14.2. The maximum atomic E-state index is 12.8. The zero-order valence-electron chi connectivity index (χ0n) is 16.5. The molecule has 0 aromatic heterocycles. The standard InChI is InChI=1S/C19H24N2O6S2/c1-4-28(22,23)21-11-5-6-14-7-8-15(12-17(14)21)20-29(24,25)16-9-10-18(26-2)19(13-16)27-3/h7-10,12-13,20H,4-6,11H2,1-3H3. The van der Waals surface area contributed by atoms with Crippen LogP contribution in [0.15, 0.2) is 41.3 Å². The van der Waals surface area contributed by atoms with E-state index >= 15 is 0 Å². The minimum absolute atomic E-state index is 0.00547. The van der Waals surface area contributed by atoms with Crippen molar-refractivity contribution >= 4 is 31.4 Å². The number of rotatable bonds is 7. The van der Waals surface area contributed by atoms with E-state index in [1.807, 2.05) is 0 Å². The van der Waals surface area contributed by atoms with Crippen LogP contribution in [-0.2, 0) is 26.5 Å². The maximum absolute atomic E-state index is 12.8. The fourth-order valence-corrected chi connectivity index (χ4v) is 5.50. The Hall–Kier alpha value is -2.46. The van der Waals surface area contributed by atoms with Gasteiger partial charge in [-0.3, -0.25) is 9.03 Å². The molecule has 1 heterocycles. The number of hydrogen-bond acceptors (Lipinski definition) is 6. The van der Waals surface area contributed by atoms with Crippen LogP contribution in [0.4, 0.5) is 11.4 Å². The molecule has 2 aromatic carbocycles. The molecule has 10 heteroatoms. The number of nitrogens with zero attached hydrogens (tertiary/aromatic N) is 1. The topological polar surface area (TPSA) is 102 Å². The van der Waals surface area contributed by atoms with E-state index in [4.69, 9.17) is 9.47 Å². The summed E-state index contributed by atoms with van der Waals surface area (Å²) in [6, 6.07) is 9.26. The lowest BCUT2D eigenvalue weighted by molar-refractivity contribution is 0.354. The number of aryl methyl sites for hydroxylation is 1. The van der Waals surface area contributed by atoms with Gasteiger partial charge in [-0.25, -0.2) is 16.8 Å². The minimum Gasteiger partial charge on any atom is -0.493 e. The van der Waals surface area contributed by atoms with Crippen molar-refractivity contribution in [2.75, 3.05) is 35.5 Å². The highest BCUT2D eigenvalue weighted by Crippen LogP contribution is 2.34. The second kappa shape index (κ2) is 8.11. The van der Waals surface area contributed by atoms with Gasteiger partial charge < -0.3 is 9.47 Å². The second-order valence-corrected chi connectivity index (χ2v) is 10.4. The summed E-state index contributed by atoms with van der Waals surface area (Å²) in [6.07, 6.45) is 1.47. The molecule has 0 saturated carbocycles. The molecule has 0 spiro atoms. The number of benzene rings is 2. The summed E-state index contributed by atoms with van der Waals surface area (Å²) in [5.74, 6) is 0.690. The lowest BCUT2D eigenvalue weighted by Crippen LogP contribution is -2.36. The Balaban J connectivity index is 1.96.